The van der Waals surface area contributed by atoms with E-state index in [1.807, 2.05) is 0 Å². The number of phenols is 1. The van der Waals surface area contributed by atoms with Crippen molar-refractivity contribution in [1.82, 2.24) is 0 Å². The van der Waals surface area contributed by atoms with Crippen molar-refractivity contribution in [2.45, 2.75) is 6.92 Å². The number of ether oxygens (including phenoxy) is 1. The highest BCUT2D eigenvalue weighted by Gasteiger charge is 2.11. The Morgan fingerprint density at radius 2 is 2.17 bits per heavy atom. The van der Waals surface area contributed by atoms with Gasteiger partial charge in [0.1, 0.15) is 16.5 Å². The van der Waals surface area contributed by atoms with Crippen LogP contribution in [0.4, 0.5) is 5.69 Å². The molecule has 0 spiro atoms. The van der Waals surface area contributed by atoms with E-state index < -0.39 is 0 Å². The zero-order chi connectivity index (χ0) is 9.30. The Hall–Kier alpha value is -1.09. The summed E-state index contributed by atoms with van der Waals surface area (Å²) in [5.74, 6) is 0.491. The second kappa shape index (κ2) is 3.11. The summed E-state index contributed by atoms with van der Waals surface area (Å²) in [6.07, 6.45) is 0. The summed E-state index contributed by atoms with van der Waals surface area (Å²) >= 11 is 5.76. The van der Waals surface area contributed by atoms with Crippen LogP contribution in [0, 0.1) is 6.92 Å². The Morgan fingerprint density at radius 3 is 2.67 bits per heavy atom. The second-order valence-corrected chi connectivity index (χ2v) is 2.85. The molecule has 0 saturated heterocycles. The first-order chi connectivity index (χ1) is 5.57. The molecule has 66 valence electrons. The van der Waals surface area contributed by atoms with Gasteiger partial charge >= 0.3 is 0 Å². The summed E-state index contributed by atoms with van der Waals surface area (Å²) in [6, 6.07) is 1.63. The standard InChI is InChI=1S/C8H10ClNO2/c1-4-3-5(12-2)6(9)7(10)8(4)11/h3,11H,10H2,1-2H3. The zero-order valence-corrected chi connectivity index (χ0v) is 7.64. The van der Waals surface area contributed by atoms with Crippen molar-refractivity contribution < 1.29 is 9.84 Å². The van der Waals surface area contributed by atoms with Crippen LogP contribution in [0.15, 0.2) is 6.07 Å². The Kier molecular flexibility index (Phi) is 2.33. The molecule has 0 bridgehead atoms. The molecule has 1 aromatic carbocycles. The number of nitrogen functional groups attached to an aromatic ring is 1. The van der Waals surface area contributed by atoms with Gasteiger partial charge in [0, 0.05) is 0 Å². The lowest BCUT2D eigenvalue weighted by Crippen LogP contribution is -1.93. The number of hydrogen-bond acceptors (Lipinski definition) is 3. The smallest absolute Gasteiger partial charge is 0.143 e. The van der Waals surface area contributed by atoms with Crippen molar-refractivity contribution >= 4 is 17.3 Å². The highest BCUT2D eigenvalue weighted by molar-refractivity contribution is 6.35. The van der Waals surface area contributed by atoms with Gasteiger partial charge in [0.2, 0.25) is 0 Å². The van der Waals surface area contributed by atoms with Gasteiger partial charge in [-0.2, -0.15) is 0 Å². The molecule has 0 radical (unpaired) electrons. The van der Waals surface area contributed by atoms with E-state index in [1.54, 1.807) is 13.0 Å². The van der Waals surface area contributed by atoms with Crippen LogP contribution in [0.25, 0.3) is 0 Å². The SMILES string of the molecule is COc1cc(C)c(O)c(N)c1Cl. The Labute approximate surface area is 75.7 Å². The molecule has 3 N–H and O–H groups in total. The molecule has 0 aliphatic carbocycles. The largest absolute Gasteiger partial charge is 0.505 e. The summed E-state index contributed by atoms with van der Waals surface area (Å²) in [6.45, 7) is 1.73. The van der Waals surface area contributed by atoms with E-state index in [9.17, 15) is 5.11 Å². The van der Waals surface area contributed by atoms with Gasteiger partial charge in [0.15, 0.2) is 0 Å². The molecule has 0 saturated carbocycles. The predicted octanol–water partition coefficient (Wildman–Crippen LogP) is 1.94. The number of benzene rings is 1. The van der Waals surface area contributed by atoms with Crippen LogP contribution in [-0.2, 0) is 0 Å². The van der Waals surface area contributed by atoms with E-state index in [2.05, 4.69) is 0 Å². The molecule has 0 aromatic heterocycles. The molecule has 0 atom stereocenters. The molecule has 1 aromatic rings. The van der Waals surface area contributed by atoms with Crippen LogP contribution in [0.2, 0.25) is 5.02 Å². The van der Waals surface area contributed by atoms with Gasteiger partial charge in [0.25, 0.3) is 0 Å². The van der Waals surface area contributed by atoms with E-state index in [-0.39, 0.29) is 16.5 Å². The van der Waals surface area contributed by atoms with Crippen LogP contribution in [-0.4, -0.2) is 12.2 Å². The first kappa shape index (κ1) is 9.00. The molecule has 1 rings (SSSR count). The Morgan fingerprint density at radius 1 is 1.58 bits per heavy atom. The fourth-order valence-electron chi connectivity index (χ4n) is 0.926. The van der Waals surface area contributed by atoms with Crippen molar-refractivity contribution in [2.24, 2.45) is 0 Å². The first-order valence-electron chi connectivity index (χ1n) is 3.39. The van der Waals surface area contributed by atoms with Crippen molar-refractivity contribution in [2.75, 3.05) is 12.8 Å². The van der Waals surface area contributed by atoms with Crippen LogP contribution in [0.1, 0.15) is 5.56 Å². The third-order valence-corrected chi connectivity index (χ3v) is 2.04. The summed E-state index contributed by atoms with van der Waals surface area (Å²) in [5.41, 5.74) is 6.30. The highest BCUT2D eigenvalue weighted by Crippen LogP contribution is 2.38. The van der Waals surface area contributed by atoms with Gasteiger partial charge in [-0.25, -0.2) is 0 Å². The average Bonchev–Trinajstić information content (AvgIpc) is 2.08. The highest BCUT2D eigenvalue weighted by atomic mass is 35.5. The van der Waals surface area contributed by atoms with Gasteiger partial charge in [-0.15, -0.1) is 0 Å². The van der Waals surface area contributed by atoms with Crippen LogP contribution in [0.3, 0.4) is 0 Å². The lowest BCUT2D eigenvalue weighted by molar-refractivity contribution is 0.412. The summed E-state index contributed by atoms with van der Waals surface area (Å²) in [4.78, 5) is 0. The minimum atomic E-state index is 0.0146. The lowest BCUT2D eigenvalue weighted by Gasteiger charge is -2.09. The van der Waals surface area contributed by atoms with E-state index in [0.29, 0.717) is 11.3 Å². The molecule has 0 amide bonds. The molecule has 0 unspecified atom stereocenters. The fraction of sp³-hybridized carbons (Fsp3) is 0.250. The molecule has 0 heterocycles. The summed E-state index contributed by atoms with van der Waals surface area (Å²) in [7, 11) is 1.50. The van der Waals surface area contributed by atoms with Crippen LogP contribution >= 0.6 is 11.6 Å². The summed E-state index contributed by atoms with van der Waals surface area (Å²) < 4.78 is 4.94. The monoisotopic (exact) mass is 187 g/mol. The minimum Gasteiger partial charge on any atom is -0.505 e. The number of hydrogen-bond donors (Lipinski definition) is 2. The van der Waals surface area contributed by atoms with Gasteiger partial charge in [-0.05, 0) is 18.6 Å². The molecule has 3 nitrogen and oxygen atoms in total. The molecule has 0 aliphatic heterocycles. The normalized spacial score (nSPS) is 9.92. The molecule has 0 aliphatic rings. The number of aromatic hydroxyl groups is 1. The fourth-order valence-corrected chi connectivity index (χ4v) is 1.15. The maximum absolute atomic E-state index is 9.34. The average molecular weight is 188 g/mol. The maximum Gasteiger partial charge on any atom is 0.143 e. The predicted molar refractivity (Wildman–Crippen MR) is 48.8 cm³/mol. The number of rotatable bonds is 1. The van der Waals surface area contributed by atoms with Crippen molar-refractivity contribution in [1.29, 1.82) is 0 Å². The van der Waals surface area contributed by atoms with E-state index in [1.165, 1.54) is 7.11 Å². The van der Waals surface area contributed by atoms with E-state index in [0.717, 1.165) is 0 Å². The van der Waals surface area contributed by atoms with E-state index in [4.69, 9.17) is 22.1 Å². The van der Waals surface area contributed by atoms with E-state index >= 15 is 0 Å². The van der Waals surface area contributed by atoms with Crippen LogP contribution in [0.5, 0.6) is 11.5 Å². The van der Waals surface area contributed by atoms with Gasteiger partial charge < -0.3 is 15.6 Å². The maximum atomic E-state index is 9.34. The number of anilines is 1. The zero-order valence-electron chi connectivity index (χ0n) is 6.89. The van der Waals surface area contributed by atoms with Gasteiger partial charge in [-0.1, -0.05) is 11.6 Å². The molecule has 0 fully saturated rings. The topological polar surface area (TPSA) is 55.5 Å². The van der Waals surface area contributed by atoms with Crippen LogP contribution < -0.4 is 10.5 Å². The number of methoxy groups -OCH3 is 1. The summed E-state index contributed by atoms with van der Waals surface area (Å²) in [5, 5.41) is 9.59. The first-order valence-corrected chi connectivity index (χ1v) is 3.77. The van der Waals surface area contributed by atoms with Gasteiger partial charge in [-0.3, -0.25) is 0 Å². The van der Waals surface area contributed by atoms with Crippen molar-refractivity contribution in [3.05, 3.63) is 16.7 Å². The Balaban J connectivity index is 3.39. The number of phenolic OH excluding ortho intramolecular Hbond substituents is 1. The lowest BCUT2D eigenvalue weighted by atomic mass is 10.2. The quantitative estimate of drug-likeness (QED) is 0.522. The number of nitrogens with two attached hydrogens (primary N) is 1. The molecular weight excluding hydrogens is 178 g/mol. The molecule has 4 heteroatoms. The third-order valence-electron chi connectivity index (χ3n) is 1.65. The van der Waals surface area contributed by atoms with Gasteiger partial charge in [0.05, 0.1) is 12.8 Å². The number of aryl methyl sites for hydroxylation is 1. The van der Waals surface area contributed by atoms with Crippen molar-refractivity contribution in [3.8, 4) is 11.5 Å². The Bertz CT molecular complexity index is 312. The minimum absolute atomic E-state index is 0.0146. The van der Waals surface area contributed by atoms with Crippen molar-refractivity contribution in [3.63, 3.8) is 0 Å². The second-order valence-electron chi connectivity index (χ2n) is 2.47. The molecular formula is C8H10ClNO2. The number of halogens is 1. The molecule has 12 heavy (non-hydrogen) atoms. The third kappa shape index (κ3) is 1.28.